The van der Waals surface area contributed by atoms with E-state index in [0.717, 1.165) is 8.04 Å². The van der Waals surface area contributed by atoms with Crippen molar-refractivity contribution in [1.29, 1.82) is 0 Å². The number of carbonyl (C=O) groups is 1. The molecule has 19 heavy (non-hydrogen) atoms. The van der Waals surface area contributed by atoms with E-state index in [1.165, 1.54) is 0 Å². The van der Waals surface area contributed by atoms with Gasteiger partial charge in [0.15, 0.2) is 9.84 Å². The van der Waals surface area contributed by atoms with Gasteiger partial charge in [0.25, 0.3) is 5.91 Å². The molecule has 1 fully saturated rings. The number of halogens is 2. The van der Waals surface area contributed by atoms with E-state index in [-0.39, 0.29) is 30.0 Å². The largest absolute Gasteiger partial charge is 0.334 e. The lowest BCUT2D eigenvalue weighted by Gasteiger charge is -2.33. The predicted octanol–water partition coefficient (Wildman–Crippen LogP) is 2.31. The van der Waals surface area contributed by atoms with Crippen molar-refractivity contribution in [3.8, 4) is 0 Å². The molecule has 1 aromatic rings. The minimum absolute atomic E-state index is 0.0419. The molecule has 0 N–H and O–H groups in total. The quantitative estimate of drug-likeness (QED) is 0.608. The maximum Gasteiger partial charge on any atom is 0.255 e. The Balaban J connectivity index is 2.27. The van der Waals surface area contributed by atoms with Crippen LogP contribution in [0.25, 0.3) is 0 Å². The number of hydrogen-bond donors (Lipinski definition) is 0. The number of carbonyl (C=O) groups excluding carboxylic acids is 1. The van der Waals surface area contributed by atoms with E-state index in [4.69, 9.17) is 0 Å². The van der Waals surface area contributed by atoms with Gasteiger partial charge in [-0.05, 0) is 63.6 Å². The average molecular weight is 458 g/mol. The second-order valence-corrected chi connectivity index (χ2v) is 8.91. The molecular formula is C12H13BrINO3S. The SMILES string of the molecule is CC1CS(=O)(=O)CCN1C(=O)c1cc(I)ccc1Br. The van der Waals surface area contributed by atoms with Crippen LogP contribution in [0.1, 0.15) is 17.3 Å². The molecule has 0 spiro atoms. The standard InChI is InChI=1S/C12H13BrINO3S/c1-8-7-19(17,18)5-4-15(8)12(16)10-6-9(14)2-3-11(10)13/h2-3,6,8H,4-5,7H2,1H3. The smallest absolute Gasteiger partial charge is 0.255 e. The molecule has 1 amide bonds. The maximum atomic E-state index is 12.5. The van der Waals surface area contributed by atoms with Gasteiger partial charge in [0, 0.05) is 20.6 Å². The van der Waals surface area contributed by atoms with Crippen LogP contribution < -0.4 is 0 Å². The van der Waals surface area contributed by atoms with Crippen LogP contribution in [0.3, 0.4) is 0 Å². The van der Waals surface area contributed by atoms with E-state index in [0.29, 0.717) is 5.56 Å². The monoisotopic (exact) mass is 457 g/mol. The van der Waals surface area contributed by atoms with Crippen LogP contribution in [-0.2, 0) is 9.84 Å². The molecule has 0 aromatic heterocycles. The van der Waals surface area contributed by atoms with Crippen molar-refractivity contribution >= 4 is 54.3 Å². The zero-order chi connectivity index (χ0) is 14.2. The molecule has 1 atom stereocenters. The summed E-state index contributed by atoms with van der Waals surface area (Å²) in [5.74, 6) is -0.0296. The summed E-state index contributed by atoms with van der Waals surface area (Å²) in [6, 6.07) is 5.27. The van der Waals surface area contributed by atoms with Crippen LogP contribution in [0, 0.1) is 3.57 Å². The lowest BCUT2D eigenvalue weighted by atomic mass is 10.1. The maximum absolute atomic E-state index is 12.5. The highest BCUT2D eigenvalue weighted by atomic mass is 127. The molecule has 7 heteroatoms. The number of rotatable bonds is 1. The highest BCUT2D eigenvalue weighted by molar-refractivity contribution is 14.1. The molecule has 1 aliphatic rings. The summed E-state index contributed by atoms with van der Waals surface area (Å²) in [6.07, 6.45) is 0. The lowest BCUT2D eigenvalue weighted by molar-refractivity contribution is 0.0711. The van der Waals surface area contributed by atoms with E-state index in [1.807, 2.05) is 18.2 Å². The van der Waals surface area contributed by atoms with Crippen LogP contribution in [0.15, 0.2) is 22.7 Å². The molecule has 0 aliphatic carbocycles. The Hall–Kier alpha value is -0.150. The third-order valence-electron chi connectivity index (χ3n) is 3.09. The fourth-order valence-electron chi connectivity index (χ4n) is 2.12. The molecule has 1 saturated heterocycles. The summed E-state index contributed by atoms with van der Waals surface area (Å²) in [4.78, 5) is 14.1. The van der Waals surface area contributed by atoms with Crippen molar-refractivity contribution < 1.29 is 13.2 Å². The Morgan fingerprint density at radius 2 is 2.16 bits per heavy atom. The molecule has 0 bridgehead atoms. The Kier molecular flexibility index (Phi) is 4.56. The van der Waals surface area contributed by atoms with Crippen LogP contribution in [0.5, 0.6) is 0 Å². The van der Waals surface area contributed by atoms with Gasteiger partial charge >= 0.3 is 0 Å². The Labute approximate surface area is 134 Å². The van der Waals surface area contributed by atoms with Crippen molar-refractivity contribution in [3.05, 3.63) is 31.8 Å². The van der Waals surface area contributed by atoms with Crippen LogP contribution in [-0.4, -0.2) is 43.3 Å². The first-order chi connectivity index (χ1) is 8.80. The van der Waals surface area contributed by atoms with Crippen LogP contribution in [0.2, 0.25) is 0 Å². The Bertz CT molecular complexity index is 617. The number of sulfone groups is 1. The number of nitrogens with zero attached hydrogens (tertiary/aromatic N) is 1. The van der Waals surface area contributed by atoms with Gasteiger partial charge in [-0.1, -0.05) is 0 Å². The highest BCUT2D eigenvalue weighted by Crippen LogP contribution is 2.23. The first-order valence-corrected chi connectivity index (χ1v) is 9.46. The van der Waals surface area contributed by atoms with Gasteiger partial charge in [0.1, 0.15) is 0 Å². The predicted molar refractivity (Wildman–Crippen MR) is 86.0 cm³/mol. The average Bonchev–Trinajstić information content (AvgIpc) is 2.30. The summed E-state index contributed by atoms with van der Waals surface area (Å²) in [5.41, 5.74) is 0.582. The normalized spacial score (nSPS) is 22.3. The zero-order valence-electron chi connectivity index (χ0n) is 10.3. The van der Waals surface area contributed by atoms with Crippen LogP contribution in [0.4, 0.5) is 0 Å². The van der Waals surface area contributed by atoms with E-state index >= 15 is 0 Å². The van der Waals surface area contributed by atoms with E-state index < -0.39 is 9.84 Å². The molecule has 2 rings (SSSR count). The van der Waals surface area contributed by atoms with Crippen molar-refractivity contribution in [2.24, 2.45) is 0 Å². The number of hydrogen-bond acceptors (Lipinski definition) is 3. The number of amides is 1. The van der Waals surface area contributed by atoms with Gasteiger partial charge in [-0.3, -0.25) is 4.79 Å². The van der Waals surface area contributed by atoms with Gasteiger partial charge in [-0.15, -0.1) is 0 Å². The van der Waals surface area contributed by atoms with E-state index in [9.17, 15) is 13.2 Å². The van der Waals surface area contributed by atoms with Crippen LogP contribution >= 0.6 is 38.5 Å². The van der Waals surface area contributed by atoms with E-state index in [1.54, 1.807) is 11.8 Å². The van der Waals surface area contributed by atoms with Crippen molar-refractivity contribution in [2.45, 2.75) is 13.0 Å². The molecule has 0 radical (unpaired) electrons. The van der Waals surface area contributed by atoms with Crippen molar-refractivity contribution in [3.63, 3.8) is 0 Å². The fraction of sp³-hybridized carbons (Fsp3) is 0.417. The van der Waals surface area contributed by atoms with Gasteiger partial charge in [0.2, 0.25) is 0 Å². The minimum Gasteiger partial charge on any atom is -0.334 e. The van der Waals surface area contributed by atoms with Gasteiger partial charge in [0.05, 0.1) is 17.1 Å². The summed E-state index contributed by atoms with van der Waals surface area (Å²) in [5, 5.41) is 0. The third-order valence-corrected chi connectivity index (χ3v) is 6.25. The lowest BCUT2D eigenvalue weighted by Crippen LogP contribution is -2.49. The second-order valence-electron chi connectivity index (χ2n) is 4.59. The molecular weight excluding hydrogens is 445 g/mol. The summed E-state index contributed by atoms with van der Waals surface area (Å²) >= 11 is 5.52. The fourth-order valence-corrected chi connectivity index (χ4v) is 4.58. The first-order valence-electron chi connectivity index (χ1n) is 5.76. The summed E-state index contributed by atoms with van der Waals surface area (Å²) < 4.78 is 24.8. The molecule has 1 heterocycles. The molecule has 1 aromatic carbocycles. The molecule has 0 saturated carbocycles. The molecule has 1 aliphatic heterocycles. The van der Waals surface area contributed by atoms with Gasteiger partial charge in [-0.2, -0.15) is 0 Å². The molecule has 1 unspecified atom stereocenters. The third kappa shape index (κ3) is 3.49. The molecule has 4 nitrogen and oxygen atoms in total. The number of benzene rings is 1. The first kappa shape index (κ1) is 15.2. The van der Waals surface area contributed by atoms with E-state index in [2.05, 4.69) is 38.5 Å². The van der Waals surface area contributed by atoms with Gasteiger partial charge < -0.3 is 4.90 Å². The van der Waals surface area contributed by atoms with Crippen molar-refractivity contribution in [2.75, 3.05) is 18.1 Å². The zero-order valence-corrected chi connectivity index (χ0v) is 14.8. The Morgan fingerprint density at radius 1 is 1.47 bits per heavy atom. The second kappa shape index (κ2) is 5.69. The minimum atomic E-state index is -3.01. The van der Waals surface area contributed by atoms with Crippen molar-refractivity contribution in [1.82, 2.24) is 4.90 Å². The van der Waals surface area contributed by atoms with Gasteiger partial charge in [-0.25, -0.2) is 8.42 Å². The molecule has 104 valence electrons. The highest BCUT2D eigenvalue weighted by Gasteiger charge is 2.32. The summed E-state index contributed by atoms with van der Waals surface area (Å²) in [6.45, 7) is 2.04. The topological polar surface area (TPSA) is 54.5 Å². The summed E-state index contributed by atoms with van der Waals surface area (Å²) in [7, 11) is -3.01. The Morgan fingerprint density at radius 3 is 2.79 bits per heavy atom.